The fourth-order valence-corrected chi connectivity index (χ4v) is 0. The summed E-state index contributed by atoms with van der Waals surface area (Å²) in [5.74, 6) is 0. The zero-order chi connectivity index (χ0) is 9.00. The van der Waals surface area contributed by atoms with Gasteiger partial charge in [0.2, 0.25) is 0 Å². The second-order valence-corrected chi connectivity index (χ2v) is 2.68. The fourth-order valence-electron chi connectivity index (χ4n) is 0. The molecular formula is LaNdO8P2. The Kier molecular flexibility index (Phi) is 20.7. The van der Waals surface area contributed by atoms with Crippen LogP contribution in [0.15, 0.2) is 0 Å². The van der Waals surface area contributed by atoms with Crippen molar-refractivity contribution in [1.82, 2.24) is 0 Å². The summed E-state index contributed by atoms with van der Waals surface area (Å²) in [5, 5.41) is 0. The summed E-state index contributed by atoms with van der Waals surface area (Å²) in [7, 11) is -10.8. The molecule has 0 aliphatic carbocycles. The van der Waals surface area contributed by atoms with Gasteiger partial charge in [0.1, 0.15) is 0 Å². The number of rotatable bonds is 0. The van der Waals surface area contributed by atoms with E-state index in [0.717, 1.165) is 0 Å². The van der Waals surface area contributed by atoms with E-state index in [2.05, 4.69) is 0 Å². The van der Waals surface area contributed by atoms with Gasteiger partial charge in [0.15, 0.2) is 0 Å². The zero-order valence-electron chi connectivity index (χ0n) is 5.24. The van der Waals surface area contributed by atoms with Crippen molar-refractivity contribution < 1.29 is 115 Å². The molecule has 12 heavy (non-hydrogen) atoms. The molecule has 0 fully saturated rings. The Morgan fingerprint density at radius 3 is 0.667 bits per heavy atom. The third kappa shape index (κ3) is 231. The molecule has 12 heteroatoms. The molecule has 0 N–H and O–H groups in total. The van der Waals surface area contributed by atoms with Crippen molar-refractivity contribution in [2.45, 2.75) is 0 Å². The molecule has 0 aliphatic rings. The smallest absolute Gasteiger partial charge is 0.822 e. The Labute approximate surface area is 128 Å². The van der Waals surface area contributed by atoms with Crippen molar-refractivity contribution in [3.05, 3.63) is 0 Å². The van der Waals surface area contributed by atoms with Crippen LogP contribution in [-0.4, -0.2) is 0 Å². The second kappa shape index (κ2) is 10.3. The third-order valence-corrected chi connectivity index (χ3v) is 0. The van der Waals surface area contributed by atoms with Crippen LogP contribution in [0.3, 0.4) is 0 Å². The SMILES string of the molecule is O=P([O-])([O-])[O-].O=P([O-])([O-])[O-].[La+3].[Nd+3]. The van der Waals surface area contributed by atoms with Gasteiger partial charge in [-0.2, -0.15) is 15.6 Å². The normalized spacial score (nSPS) is 9.83. The Hall–Kier alpha value is 2.77. The van der Waals surface area contributed by atoms with E-state index in [9.17, 15) is 0 Å². The molecule has 0 aromatic rings. The molecular weight excluding hydrogens is 473 g/mol. The summed E-state index contributed by atoms with van der Waals surface area (Å²) >= 11 is 0. The molecule has 0 aromatic heterocycles. The average molecular weight is 473 g/mol. The van der Waals surface area contributed by atoms with E-state index in [1.807, 2.05) is 0 Å². The number of phosphoric acid groups is 2. The molecule has 0 bridgehead atoms. The minimum atomic E-state index is -5.39. The third-order valence-electron chi connectivity index (χ3n) is 0. The molecule has 8 nitrogen and oxygen atoms in total. The van der Waals surface area contributed by atoms with Crippen molar-refractivity contribution in [1.29, 1.82) is 0 Å². The summed E-state index contributed by atoms with van der Waals surface area (Å²) in [6, 6.07) is 0. The van der Waals surface area contributed by atoms with Gasteiger partial charge >= 0.3 is 76.4 Å². The molecule has 0 heterocycles. The maximum absolute atomic E-state index is 8.55. The molecule has 0 saturated heterocycles. The summed E-state index contributed by atoms with van der Waals surface area (Å²) in [4.78, 5) is 51.3. The van der Waals surface area contributed by atoms with Crippen molar-refractivity contribution in [2.75, 3.05) is 0 Å². The molecule has 0 rings (SSSR count). The van der Waals surface area contributed by atoms with Gasteiger partial charge in [0.05, 0.1) is 0 Å². The summed E-state index contributed by atoms with van der Waals surface area (Å²) < 4.78 is 17.1. The second-order valence-electron chi connectivity index (χ2n) is 0.894. The molecule has 0 atom stereocenters. The first kappa shape index (κ1) is 24.1. The van der Waals surface area contributed by atoms with Crippen LogP contribution >= 0.6 is 15.6 Å². The molecule has 0 spiro atoms. The first-order valence-corrected chi connectivity index (χ1v) is 4.38. The van der Waals surface area contributed by atoms with Gasteiger partial charge in [-0.05, 0) is 0 Å². The quantitative estimate of drug-likeness (QED) is 0.313. The van der Waals surface area contributed by atoms with E-state index in [4.69, 9.17) is 38.5 Å². The van der Waals surface area contributed by atoms with Crippen LogP contribution in [0.2, 0.25) is 0 Å². The first-order valence-electron chi connectivity index (χ1n) is 1.46. The van der Waals surface area contributed by atoms with Crippen LogP contribution < -0.4 is 29.4 Å². The van der Waals surface area contributed by atoms with Crippen LogP contribution in [0.1, 0.15) is 0 Å². The predicted octanol–water partition coefficient (Wildman–Crippen LogP) is -5.65. The van der Waals surface area contributed by atoms with Crippen molar-refractivity contribution >= 4 is 15.6 Å². The van der Waals surface area contributed by atoms with Gasteiger partial charge in [0, 0.05) is 0 Å². The van der Waals surface area contributed by atoms with Crippen molar-refractivity contribution in [2.24, 2.45) is 0 Å². The van der Waals surface area contributed by atoms with Crippen molar-refractivity contribution in [3.63, 3.8) is 0 Å². The minimum absolute atomic E-state index is 0. The van der Waals surface area contributed by atoms with Crippen LogP contribution in [0.5, 0.6) is 0 Å². The molecule has 0 amide bonds. The van der Waals surface area contributed by atoms with E-state index < -0.39 is 15.6 Å². The standard InChI is InChI=1S/La.Nd.2H3O4P/c;;2*1-5(2,3)4/h;;2*(H3,1,2,3,4)/q2*+3;;/p-6. The maximum Gasteiger partial charge on any atom is 3.00 e. The van der Waals surface area contributed by atoms with Gasteiger partial charge < -0.3 is 38.5 Å². The zero-order valence-corrected chi connectivity index (χ0v) is 13.9. The fraction of sp³-hybridized carbons (Fsp3) is 0. The number of hydrogen-bond donors (Lipinski definition) is 0. The van der Waals surface area contributed by atoms with E-state index in [1.165, 1.54) is 0 Å². The van der Waals surface area contributed by atoms with E-state index in [0.29, 0.717) is 0 Å². The maximum atomic E-state index is 8.55. The van der Waals surface area contributed by atoms with Gasteiger partial charge in [-0.25, -0.2) is 0 Å². The average Bonchev–Trinajstić information content (AvgIpc) is 1.12. The van der Waals surface area contributed by atoms with Gasteiger partial charge in [-0.3, -0.25) is 0 Å². The molecule has 1 radical (unpaired) electrons. The van der Waals surface area contributed by atoms with Gasteiger partial charge in [-0.15, -0.1) is 0 Å². The van der Waals surface area contributed by atoms with E-state index in [-0.39, 0.29) is 76.4 Å². The van der Waals surface area contributed by atoms with Crippen LogP contribution in [-0.2, 0) is 9.13 Å². The minimum Gasteiger partial charge on any atom is -0.822 e. The Bertz CT molecular complexity index is 129. The topological polar surface area (TPSA) is 172 Å². The summed E-state index contributed by atoms with van der Waals surface area (Å²) in [6.45, 7) is 0. The largest absolute Gasteiger partial charge is 3.00 e. The Balaban J connectivity index is -0.0000000457. The van der Waals surface area contributed by atoms with Crippen LogP contribution in [0.4, 0.5) is 0 Å². The van der Waals surface area contributed by atoms with Gasteiger partial charge in [-0.1, -0.05) is 0 Å². The Morgan fingerprint density at radius 1 is 0.667 bits per heavy atom. The monoisotopic (exact) mass is 471 g/mol. The Morgan fingerprint density at radius 2 is 0.667 bits per heavy atom. The molecule has 0 aromatic carbocycles. The molecule has 0 aliphatic heterocycles. The van der Waals surface area contributed by atoms with Crippen LogP contribution in [0, 0.1) is 76.4 Å². The summed E-state index contributed by atoms with van der Waals surface area (Å²) in [5.41, 5.74) is 0. The van der Waals surface area contributed by atoms with Crippen LogP contribution in [0.25, 0.3) is 0 Å². The van der Waals surface area contributed by atoms with Crippen molar-refractivity contribution in [3.8, 4) is 0 Å². The van der Waals surface area contributed by atoms with Gasteiger partial charge in [0.25, 0.3) is 0 Å². The first-order chi connectivity index (χ1) is 4.00. The molecule has 65 valence electrons. The van der Waals surface area contributed by atoms with E-state index >= 15 is 0 Å². The molecule has 0 unspecified atom stereocenters. The van der Waals surface area contributed by atoms with E-state index in [1.54, 1.807) is 0 Å². The predicted molar refractivity (Wildman–Crippen MR) is 15.2 cm³/mol. The number of hydrogen-bond acceptors (Lipinski definition) is 8. The summed E-state index contributed by atoms with van der Waals surface area (Å²) in [6.07, 6.45) is 0. The molecule has 0 saturated carbocycles.